The van der Waals surface area contributed by atoms with E-state index in [0.29, 0.717) is 16.6 Å². The van der Waals surface area contributed by atoms with Crippen molar-refractivity contribution < 1.29 is 19.4 Å². The van der Waals surface area contributed by atoms with Crippen molar-refractivity contribution >= 4 is 38.3 Å². The topological polar surface area (TPSA) is 91.0 Å². The number of anilines is 1. The molecule has 2 N–H and O–H groups in total. The molecule has 0 aliphatic heterocycles. The van der Waals surface area contributed by atoms with Crippen LogP contribution >= 0.6 is 0 Å². The van der Waals surface area contributed by atoms with E-state index in [1.165, 1.54) is 26.0 Å². The summed E-state index contributed by atoms with van der Waals surface area (Å²) in [5.74, 6) is -1.08. The summed E-state index contributed by atoms with van der Waals surface area (Å²) < 4.78 is 5.38. The number of aryl methyl sites for hydroxylation is 1. The predicted molar refractivity (Wildman–Crippen MR) is 118 cm³/mol. The predicted octanol–water partition coefficient (Wildman–Crippen LogP) is 2.63. The molecule has 1 heterocycles. The number of carboxylic acid groups (broad SMARTS) is 1. The molecule has 6 nitrogen and oxygen atoms in total. The summed E-state index contributed by atoms with van der Waals surface area (Å²) in [5.41, 5.74) is -0.946. The lowest BCUT2D eigenvalue weighted by molar-refractivity contribution is -0.146. The molecule has 8 heteroatoms. The van der Waals surface area contributed by atoms with Crippen LogP contribution in [-0.2, 0) is 4.79 Å². The van der Waals surface area contributed by atoms with Gasteiger partial charge in [0, 0.05) is 40.8 Å². The van der Waals surface area contributed by atoms with E-state index in [1.807, 2.05) is 31.2 Å². The van der Waals surface area contributed by atoms with Crippen LogP contribution in [0.5, 0.6) is 0 Å². The summed E-state index contributed by atoms with van der Waals surface area (Å²) in [6.45, 7) is 4.75. The van der Waals surface area contributed by atoms with Crippen molar-refractivity contribution in [2.75, 3.05) is 11.4 Å². The van der Waals surface area contributed by atoms with Crippen LogP contribution in [0.1, 0.15) is 19.4 Å². The molecular weight excluding hydrogens is 380 g/mol. The van der Waals surface area contributed by atoms with Crippen LogP contribution in [0.25, 0.3) is 22.1 Å². The smallest absolute Gasteiger partial charge is 0.336 e. The molecule has 0 saturated heterocycles. The zero-order valence-corrected chi connectivity index (χ0v) is 17.0. The van der Waals surface area contributed by atoms with E-state index in [0.717, 1.165) is 16.0 Å². The van der Waals surface area contributed by atoms with Crippen molar-refractivity contribution in [1.29, 1.82) is 0 Å². The molecule has 0 amide bonds. The van der Waals surface area contributed by atoms with E-state index in [-0.39, 0.29) is 12.1 Å². The average molecular weight is 401 g/mol. The first-order valence-electron chi connectivity index (χ1n) is 9.35. The second-order valence-corrected chi connectivity index (χ2v) is 8.03. The SMILES string of the molecule is [B]C([B])(O)N(CC(C)(C)C(=O)O)c1ccc2c(-c3ccccc3C)cc(=O)oc2c1. The summed E-state index contributed by atoms with van der Waals surface area (Å²) in [6.07, 6.45) is 0. The van der Waals surface area contributed by atoms with Gasteiger partial charge in [0.15, 0.2) is 0 Å². The van der Waals surface area contributed by atoms with Crippen LogP contribution in [0, 0.1) is 12.3 Å². The van der Waals surface area contributed by atoms with Crippen molar-refractivity contribution in [2.24, 2.45) is 5.41 Å². The highest BCUT2D eigenvalue weighted by Crippen LogP contribution is 2.33. The van der Waals surface area contributed by atoms with E-state index in [4.69, 9.17) is 20.1 Å². The number of hydrogen-bond acceptors (Lipinski definition) is 5. The van der Waals surface area contributed by atoms with Gasteiger partial charge in [-0.25, -0.2) is 4.79 Å². The van der Waals surface area contributed by atoms with Gasteiger partial charge >= 0.3 is 11.6 Å². The first-order chi connectivity index (χ1) is 13.9. The molecule has 2 aromatic carbocycles. The fourth-order valence-corrected chi connectivity index (χ4v) is 3.30. The lowest BCUT2D eigenvalue weighted by Gasteiger charge is -2.41. The summed E-state index contributed by atoms with van der Waals surface area (Å²) in [5, 5.41) is 20.4. The number of aliphatic hydroxyl groups is 1. The highest BCUT2D eigenvalue weighted by molar-refractivity contribution is 6.40. The Morgan fingerprint density at radius 3 is 2.37 bits per heavy atom. The molecule has 3 rings (SSSR count). The fraction of sp³-hybridized carbons (Fsp3) is 0.273. The number of nitrogens with zero attached hydrogens (tertiary/aromatic N) is 1. The van der Waals surface area contributed by atoms with Gasteiger partial charge < -0.3 is 19.5 Å². The molecular formula is C22H21B2NO5. The van der Waals surface area contributed by atoms with Crippen molar-refractivity contribution in [3.8, 4) is 11.1 Å². The third kappa shape index (κ3) is 4.28. The normalized spacial score (nSPS) is 12.1. The lowest BCUT2D eigenvalue weighted by Crippen LogP contribution is -2.55. The molecule has 0 spiro atoms. The fourth-order valence-electron chi connectivity index (χ4n) is 3.30. The molecule has 0 bridgehead atoms. The van der Waals surface area contributed by atoms with Gasteiger partial charge in [-0.1, -0.05) is 24.3 Å². The minimum atomic E-state index is -2.33. The number of hydrogen-bond donors (Lipinski definition) is 2. The Morgan fingerprint density at radius 1 is 1.10 bits per heavy atom. The molecule has 0 atom stereocenters. The van der Waals surface area contributed by atoms with Gasteiger partial charge in [-0.2, -0.15) is 0 Å². The third-order valence-electron chi connectivity index (χ3n) is 5.04. The third-order valence-corrected chi connectivity index (χ3v) is 5.04. The lowest BCUT2D eigenvalue weighted by atomic mass is 9.70. The Bertz CT molecular complexity index is 1160. The van der Waals surface area contributed by atoms with Crippen LogP contribution in [0.4, 0.5) is 5.69 Å². The van der Waals surface area contributed by atoms with Gasteiger partial charge in [0.2, 0.25) is 0 Å². The van der Waals surface area contributed by atoms with Crippen molar-refractivity contribution in [2.45, 2.75) is 26.3 Å². The summed E-state index contributed by atoms with van der Waals surface area (Å²) in [6, 6.07) is 14.0. The zero-order valence-electron chi connectivity index (χ0n) is 17.0. The molecule has 0 aliphatic rings. The van der Waals surface area contributed by atoms with E-state index >= 15 is 0 Å². The second kappa shape index (κ2) is 7.69. The maximum atomic E-state index is 12.2. The monoisotopic (exact) mass is 401 g/mol. The maximum Gasteiger partial charge on any atom is 0.336 e. The Kier molecular flexibility index (Phi) is 5.56. The first-order valence-corrected chi connectivity index (χ1v) is 9.35. The molecule has 1 aromatic heterocycles. The summed E-state index contributed by atoms with van der Waals surface area (Å²) >= 11 is 0. The maximum absolute atomic E-state index is 12.2. The zero-order chi connectivity index (χ0) is 22.3. The van der Waals surface area contributed by atoms with Crippen molar-refractivity contribution in [3.63, 3.8) is 0 Å². The standard InChI is InChI=1S/C22H21B2NO5/c1-13-6-4-5-7-15(13)17-11-19(26)30-18-10-14(8-9-16(17)18)25(22(23,24)29)12-21(2,3)20(27)28/h4-11,29H,12H2,1-3H3,(H,27,28). The molecule has 4 radical (unpaired) electrons. The van der Waals surface area contributed by atoms with E-state index < -0.39 is 22.5 Å². The molecule has 0 aliphatic carbocycles. The van der Waals surface area contributed by atoms with Crippen LogP contribution in [0.3, 0.4) is 0 Å². The van der Waals surface area contributed by atoms with Gasteiger partial charge in [0.05, 0.1) is 5.41 Å². The number of carbonyl (C=O) groups is 1. The summed E-state index contributed by atoms with van der Waals surface area (Å²) in [7, 11) is 11.4. The van der Waals surface area contributed by atoms with Crippen LogP contribution in [-0.4, -0.2) is 43.9 Å². The summed E-state index contributed by atoms with van der Waals surface area (Å²) in [4.78, 5) is 24.9. The van der Waals surface area contributed by atoms with Gasteiger partial charge in [0.25, 0.3) is 0 Å². The Morgan fingerprint density at radius 2 is 1.77 bits per heavy atom. The van der Waals surface area contributed by atoms with Crippen LogP contribution < -0.4 is 10.5 Å². The number of fused-ring (bicyclic) bond motifs is 1. The Balaban J connectivity index is 2.18. The molecule has 0 fully saturated rings. The number of aliphatic carboxylic acids is 1. The molecule has 0 saturated carbocycles. The molecule has 30 heavy (non-hydrogen) atoms. The van der Waals surface area contributed by atoms with Crippen molar-refractivity contribution in [3.05, 3.63) is 64.5 Å². The first kappa shape index (κ1) is 21.7. The Hall–Kier alpha value is -2.99. The van der Waals surface area contributed by atoms with Gasteiger partial charge in [0.1, 0.15) is 21.3 Å². The van der Waals surface area contributed by atoms with E-state index in [1.54, 1.807) is 12.1 Å². The average Bonchev–Trinajstić information content (AvgIpc) is 2.64. The Labute approximate surface area is 177 Å². The van der Waals surface area contributed by atoms with Crippen LogP contribution in [0.15, 0.2) is 57.7 Å². The minimum Gasteiger partial charge on any atom is -0.481 e. The number of benzene rings is 2. The van der Waals surface area contributed by atoms with Gasteiger partial charge in [-0.05, 0) is 44.0 Å². The van der Waals surface area contributed by atoms with Gasteiger partial charge in [-0.3, -0.25) is 4.79 Å². The number of rotatable bonds is 6. The highest BCUT2D eigenvalue weighted by Gasteiger charge is 2.34. The van der Waals surface area contributed by atoms with Crippen LogP contribution in [0.2, 0.25) is 0 Å². The second-order valence-electron chi connectivity index (χ2n) is 8.03. The molecule has 150 valence electrons. The highest BCUT2D eigenvalue weighted by atomic mass is 16.4. The molecule has 3 aromatic rings. The van der Waals surface area contributed by atoms with E-state index in [2.05, 4.69) is 0 Å². The quantitative estimate of drug-likeness (QED) is 0.375. The molecule has 0 unspecified atom stereocenters. The van der Waals surface area contributed by atoms with Gasteiger partial charge in [-0.15, -0.1) is 0 Å². The largest absolute Gasteiger partial charge is 0.481 e. The number of carboxylic acids is 1. The minimum absolute atomic E-state index is 0.181. The van der Waals surface area contributed by atoms with Crippen molar-refractivity contribution in [1.82, 2.24) is 0 Å². The van der Waals surface area contributed by atoms with E-state index in [9.17, 15) is 19.8 Å².